The third-order valence-electron chi connectivity index (χ3n) is 8.70. The first-order valence-electron chi connectivity index (χ1n) is 15.7. The van der Waals surface area contributed by atoms with Crippen molar-refractivity contribution >= 4 is 34.1 Å². The summed E-state index contributed by atoms with van der Waals surface area (Å²) in [4.78, 5) is 33.2. The minimum absolute atomic E-state index is 0.0636. The fraction of sp³-hybridized carbons (Fsp3) is 0.343. The van der Waals surface area contributed by atoms with Crippen LogP contribution in [0.4, 0.5) is 20.2 Å². The number of fused-ring (bicyclic) bond motifs is 1. The molecule has 1 aliphatic heterocycles. The summed E-state index contributed by atoms with van der Waals surface area (Å²) in [5.41, 5.74) is -0.176. The van der Waals surface area contributed by atoms with Gasteiger partial charge in [0.1, 0.15) is 17.0 Å². The standard InChI is InChI=1S/C35H37F2N5O5/c1-22-21-35(22,33(43)40-24-6-4-23(36)5-7-24)34(44)41-25-8-9-30(27(37)18-25)47-29-10-11-39-28-20-32(31(45-2)19-26(28)29)46-17-3-14-42-15-12-38-13-16-42/h4-11,18-20,22,38H,3,12-17,21H2,1-2H3,(H,40,43)(H,41,44)/t22-,35-/m1/s1. The Balaban J connectivity index is 1.11. The number of rotatable bonds is 12. The van der Waals surface area contributed by atoms with Crippen molar-refractivity contribution in [2.24, 2.45) is 11.3 Å². The van der Waals surface area contributed by atoms with Crippen molar-refractivity contribution in [1.82, 2.24) is 15.2 Å². The number of piperazine rings is 1. The molecule has 1 saturated carbocycles. The van der Waals surface area contributed by atoms with Gasteiger partial charge in [0.25, 0.3) is 0 Å². The molecule has 12 heteroatoms. The van der Waals surface area contributed by atoms with Crippen molar-refractivity contribution in [3.63, 3.8) is 0 Å². The number of nitrogens with zero attached hydrogens (tertiary/aromatic N) is 2. The van der Waals surface area contributed by atoms with Gasteiger partial charge in [-0.15, -0.1) is 0 Å². The highest BCUT2D eigenvalue weighted by Crippen LogP contribution is 2.53. The lowest BCUT2D eigenvalue weighted by atomic mass is 10.0. The van der Waals surface area contributed by atoms with Crippen molar-refractivity contribution in [1.29, 1.82) is 0 Å². The number of hydrogen-bond acceptors (Lipinski definition) is 8. The number of hydrogen-bond donors (Lipinski definition) is 3. The molecule has 2 aliphatic rings. The van der Waals surface area contributed by atoms with Crippen LogP contribution in [0.3, 0.4) is 0 Å². The van der Waals surface area contributed by atoms with E-state index in [1.807, 2.05) is 0 Å². The topological polar surface area (TPSA) is 114 Å². The number of halogens is 2. The molecule has 1 saturated heterocycles. The molecule has 2 atom stereocenters. The van der Waals surface area contributed by atoms with Crippen molar-refractivity contribution in [3.05, 3.63) is 78.5 Å². The Bertz CT molecular complexity index is 1770. The lowest BCUT2D eigenvalue weighted by Gasteiger charge is -2.27. The van der Waals surface area contributed by atoms with Crippen LogP contribution in [0, 0.1) is 23.0 Å². The molecule has 47 heavy (non-hydrogen) atoms. The van der Waals surface area contributed by atoms with E-state index in [1.54, 1.807) is 38.4 Å². The van der Waals surface area contributed by atoms with Gasteiger partial charge in [-0.1, -0.05) is 6.92 Å². The predicted molar refractivity (Wildman–Crippen MR) is 174 cm³/mol. The first-order valence-corrected chi connectivity index (χ1v) is 15.7. The first-order chi connectivity index (χ1) is 22.8. The minimum Gasteiger partial charge on any atom is -0.493 e. The van der Waals surface area contributed by atoms with Gasteiger partial charge in [-0.25, -0.2) is 8.78 Å². The van der Waals surface area contributed by atoms with Crippen LogP contribution in [0.1, 0.15) is 19.8 Å². The zero-order chi connectivity index (χ0) is 33.0. The predicted octanol–water partition coefficient (Wildman–Crippen LogP) is 5.59. The van der Waals surface area contributed by atoms with E-state index in [2.05, 4.69) is 25.8 Å². The van der Waals surface area contributed by atoms with Crippen LogP contribution < -0.4 is 30.2 Å². The number of carbonyl (C=O) groups is 2. The molecule has 0 radical (unpaired) electrons. The first kappa shape index (κ1) is 32.1. The summed E-state index contributed by atoms with van der Waals surface area (Å²) in [7, 11) is 1.55. The number of benzene rings is 3. The van der Waals surface area contributed by atoms with Crippen LogP contribution in [0.25, 0.3) is 10.9 Å². The van der Waals surface area contributed by atoms with Gasteiger partial charge in [-0.2, -0.15) is 0 Å². The van der Waals surface area contributed by atoms with Crippen molar-refractivity contribution < 1.29 is 32.6 Å². The molecule has 3 aromatic carbocycles. The SMILES string of the molecule is COc1cc2c(Oc3ccc(NC(=O)[C@]4(C(=O)Nc5ccc(F)cc5)C[C@H]4C)cc3F)ccnc2cc1OCCCN1CCNCC1. The fourth-order valence-corrected chi connectivity index (χ4v) is 5.85. The average Bonchev–Trinajstić information content (AvgIpc) is 3.77. The molecule has 2 amide bonds. The highest BCUT2D eigenvalue weighted by atomic mass is 19.1. The summed E-state index contributed by atoms with van der Waals surface area (Å²) in [6, 6.07) is 14.5. The monoisotopic (exact) mass is 645 g/mol. The summed E-state index contributed by atoms with van der Waals surface area (Å²) in [5.74, 6) is -1.07. The Hall–Kier alpha value is -4.81. The molecular weight excluding hydrogens is 608 g/mol. The summed E-state index contributed by atoms with van der Waals surface area (Å²) in [6.07, 6.45) is 2.77. The average molecular weight is 646 g/mol. The largest absolute Gasteiger partial charge is 0.493 e. The third kappa shape index (κ3) is 7.13. The van der Waals surface area contributed by atoms with Crippen LogP contribution in [0.15, 0.2) is 66.9 Å². The van der Waals surface area contributed by atoms with Crippen molar-refractivity contribution in [2.45, 2.75) is 19.8 Å². The van der Waals surface area contributed by atoms with Gasteiger partial charge in [0.2, 0.25) is 11.8 Å². The third-order valence-corrected chi connectivity index (χ3v) is 8.70. The number of methoxy groups -OCH3 is 1. The molecule has 3 N–H and O–H groups in total. The zero-order valence-corrected chi connectivity index (χ0v) is 26.3. The normalized spacial score (nSPS) is 19.2. The van der Waals surface area contributed by atoms with E-state index in [0.717, 1.165) is 45.2 Å². The van der Waals surface area contributed by atoms with Gasteiger partial charge in [0, 0.05) is 67.8 Å². The molecule has 2 heterocycles. The van der Waals surface area contributed by atoms with Crippen molar-refractivity contribution in [3.8, 4) is 23.0 Å². The van der Waals surface area contributed by atoms with Gasteiger partial charge >= 0.3 is 0 Å². The Kier molecular flexibility index (Phi) is 9.50. The molecule has 10 nitrogen and oxygen atoms in total. The van der Waals surface area contributed by atoms with Gasteiger partial charge < -0.3 is 35.1 Å². The van der Waals surface area contributed by atoms with Gasteiger partial charge in [-0.05, 0) is 67.3 Å². The van der Waals surface area contributed by atoms with E-state index in [0.29, 0.717) is 46.9 Å². The summed E-state index contributed by atoms with van der Waals surface area (Å²) < 4.78 is 46.2. The van der Waals surface area contributed by atoms with Crippen LogP contribution in [0.5, 0.6) is 23.0 Å². The van der Waals surface area contributed by atoms with Gasteiger partial charge in [0.05, 0.1) is 19.2 Å². The molecule has 0 bridgehead atoms. The van der Waals surface area contributed by atoms with E-state index in [-0.39, 0.29) is 17.4 Å². The minimum atomic E-state index is -1.32. The lowest BCUT2D eigenvalue weighted by molar-refractivity contribution is -0.131. The van der Waals surface area contributed by atoms with Gasteiger partial charge in [0.15, 0.2) is 23.1 Å². The molecule has 0 spiro atoms. The number of carbonyl (C=O) groups excluding carboxylic acids is 2. The van der Waals surface area contributed by atoms with Crippen LogP contribution in [0.2, 0.25) is 0 Å². The second-order valence-electron chi connectivity index (χ2n) is 11.9. The summed E-state index contributed by atoms with van der Waals surface area (Å²) in [5, 5.41) is 9.31. The molecule has 6 rings (SSSR count). The molecule has 1 aliphatic carbocycles. The van der Waals surface area contributed by atoms with E-state index < -0.39 is 28.9 Å². The highest BCUT2D eigenvalue weighted by molar-refractivity contribution is 6.17. The van der Waals surface area contributed by atoms with Crippen LogP contribution in [-0.4, -0.2) is 68.1 Å². The number of ether oxygens (including phenoxy) is 3. The maximum atomic E-state index is 15.3. The van der Waals surface area contributed by atoms with Crippen molar-refractivity contribution in [2.75, 3.05) is 57.1 Å². The number of amides is 2. The van der Waals surface area contributed by atoms with E-state index >= 15 is 4.39 Å². The van der Waals surface area contributed by atoms with Crippen LogP contribution in [-0.2, 0) is 9.59 Å². The Labute approximate surface area is 271 Å². The number of pyridine rings is 1. The molecule has 246 valence electrons. The lowest BCUT2D eigenvalue weighted by Crippen LogP contribution is -2.43. The van der Waals surface area contributed by atoms with Gasteiger partial charge in [-0.3, -0.25) is 14.6 Å². The number of anilines is 2. The Morgan fingerprint density at radius 1 is 0.936 bits per heavy atom. The maximum Gasteiger partial charge on any atom is 0.240 e. The highest BCUT2D eigenvalue weighted by Gasteiger charge is 2.63. The number of aromatic nitrogens is 1. The summed E-state index contributed by atoms with van der Waals surface area (Å²) >= 11 is 0. The second-order valence-corrected chi connectivity index (χ2v) is 11.9. The van der Waals surface area contributed by atoms with E-state index in [1.165, 1.54) is 36.4 Å². The number of nitrogens with one attached hydrogen (secondary N) is 3. The second kappa shape index (κ2) is 13.9. The molecular formula is C35H37F2N5O5. The molecule has 0 unspecified atom stereocenters. The van der Waals surface area contributed by atoms with E-state index in [4.69, 9.17) is 14.2 Å². The Morgan fingerprint density at radius 2 is 1.64 bits per heavy atom. The Morgan fingerprint density at radius 3 is 2.32 bits per heavy atom. The summed E-state index contributed by atoms with van der Waals surface area (Å²) in [6.45, 7) is 7.33. The smallest absolute Gasteiger partial charge is 0.240 e. The zero-order valence-electron chi connectivity index (χ0n) is 26.3. The fourth-order valence-electron chi connectivity index (χ4n) is 5.85. The molecule has 4 aromatic rings. The van der Waals surface area contributed by atoms with Crippen LogP contribution >= 0.6 is 0 Å². The molecule has 2 fully saturated rings. The molecule has 1 aromatic heterocycles. The van der Waals surface area contributed by atoms with E-state index in [9.17, 15) is 14.0 Å². The quantitative estimate of drug-likeness (QED) is 0.135. The maximum absolute atomic E-state index is 15.3.